The number of nitrogens with zero attached hydrogens (tertiary/aromatic N) is 1. The van der Waals surface area contributed by atoms with Crippen LogP contribution in [0.2, 0.25) is 0 Å². The van der Waals surface area contributed by atoms with Crippen LogP contribution in [0.25, 0.3) is 0 Å². The SMILES string of the molecule is NNc1ccc(C(=O)N2CCCCCC2)cc1C(F)(F)F. The van der Waals surface area contributed by atoms with E-state index in [1.165, 1.54) is 12.1 Å². The molecule has 2 rings (SSSR count). The van der Waals surface area contributed by atoms with Gasteiger partial charge in [0.15, 0.2) is 0 Å². The summed E-state index contributed by atoms with van der Waals surface area (Å²) in [5.74, 6) is 4.74. The molecule has 3 N–H and O–H groups in total. The largest absolute Gasteiger partial charge is 0.418 e. The maximum atomic E-state index is 13.0. The van der Waals surface area contributed by atoms with Crippen LogP contribution < -0.4 is 11.3 Å². The molecule has 1 saturated heterocycles. The fraction of sp³-hybridized carbons (Fsp3) is 0.500. The van der Waals surface area contributed by atoms with Gasteiger partial charge in [0.25, 0.3) is 5.91 Å². The van der Waals surface area contributed by atoms with Crippen LogP contribution in [0.1, 0.15) is 41.6 Å². The quantitative estimate of drug-likeness (QED) is 0.652. The van der Waals surface area contributed by atoms with Crippen molar-refractivity contribution >= 4 is 11.6 Å². The number of hydrogen-bond acceptors (Lipinski definition) is 3. The predicted octanol–water partition coefficient (Wildman–Crippen LogP) is 3.01. The maximum Gasteiger partial charge on any atom is 0.418 e. The molecule has 0 radical (unpaired) electrons. The molecule has 0 saturated carbocycles. The molecule has 0 aromatic heterocycles. The Kier molecular flexibility index (Phi) is 4.72. The number of nitrogens with two attached hydrogens (primary N) is 1. The van der Waals surface area contributed by atoms with Gasteiger partial charge in [-0.25, -0.2) is 0 Å². The van der Waals surface area contributed by atoms with E-state index >= 15 is 0 Å². The monoisotopic (exact) mass is 301 g/mol. The van der Waals surface area contributed by atoms with Gasteiger partial charge in [0.1, 0.15) is 0 Å². The minimum absolute atomic E-state index is 0.0447. The zero-order chi connectivity index (χ0) is 15.5. The van der Waals surface area contributed by atoms with Crippen LogP contribution in [-0.2, 0) is 6.18 Å². The lowest BCUT2D eigenvalue weighted by Gasteiger charge is -2.21. The number of alkyl halides is 3. The topological polar surface area (TPSA) is 58.4 Å². The number of benzene rings is 1. The second kappa shape index (κ2) is 6.34. The molecule has 0 unspecified atom stereocenters. The highest BCUT2D eigenvalue weighted by molar-refractivity contribution is 5.95. The van der Waals surface area contributed by atoms with Gasteiger partial charge in [-0.15, -0.1) is 0 Å². The first-order chi connectivity index (χ1) is 9.93. The number of rotatable bonds is 2. The number of carbonyl (C=O) groups is 1. The van der Waals surface area contributed by atoms with Crippen LogP contribution in [0, 0.1) is 0 Å². The average molecular weight is 301 g/mol. The molecule has 1 heterocycles. The normalized spacial score (nSPS) is 16.5. The summed E-state index contributed by atoms with van der Waals surface area (Å²) < 4.78 is 38.9. The second-order valence-corrected chi connectivity index (χ2v) is 5.11. The van der Waals surface area contributed by atoms with Gasteiger partial charge in [0.05, 0.1) is 11.3 Å². The fourth-order valence-corrected chi connectivity index (χ4v) is 2.49. The lowest BCUT2D eigenvalue weighted by atomic mass is 10.1. The first-order valence-electron chi connectivity index (χ1n) is 6.90. The maximum absolute atomic E-state index is 13.0. The molecule has 4 nitrogen and oxygen atoms in total. The first-order valence-corrected chi connectivity index (χ1v) is 6.90. The van der Waals surface area contributed by atoms with E-state index in [0.717, 1.165) is 31.7 Å². The molecular weight excluding hydrogens is 283 g/mol. The number of anilines is 1. The molecule has 1 aliphatic rings. The van der Waals surface area contributed by atoms with E-state index in [0.29, 0.717) is 13.1 Å². The molecule has 0 atom stereocenters. The molecule has 1 aromatic rings. The van der Waals surface area contributed by atoms with Gasteiger partial charge >= 0.3 is 6.18 Å². The smallest absolute Gasteiger partial charge is 0.339 e. The molecule has 0 bridgehead atoms. The number of carbonyl (C=O) groups excluding carboxylic acids is 1. The van der Waals surface area contributed by atoms with Crippen molar-refractivity contribution in [1.29, 1.82) is 0 Å². The van der Waals surface area contributed by atoms with Gasteiger partial charge in [0.2, 0.25) is 0 Å². The van der Waals surface area contributed by atoms with Crippen molar-refractivity contribution in [3.05, 3.63) is 29.3 Å². The summed E-state index contributed by atoms with van der Waals surface area (Å²) in [6.07, 6.45) is -0.682. The van der Waals surface area contributed by atoms with Gasteiger partial charge in [-0.2, -0.15) is 13.2 Å². The summed E-state index contributed by atoms with van der Waals surface area (Å²) in [5, 5.41) is 0. The lowest BCUT2D eigenvalue weighted by Crippen LogP contribution is -2.32. The summed E-state index contributed by atoms with van der Waals surface area (Å²) in [5.41, 5.74) is 0.891. The van der Waals surface area contributed by atoms with Gasteiger partial charge in [0, 0.05) is 18.7 Å². The van der Waals surface area contributed by atoms with Crippen LogP contribution in [0.3, 0.4) is 0 Å². The third-order valence-electron chi connectivity index (χ3n) is 3.62. The van der Waals surface area contributed by atoms with Gasteiger partial charge in [-0.05, 0) is 31.0 Å². The molecule has 7 heteroatoms. The minimum Gasteiger partial charge on any atom is -0.339 e. The van der Waals surface area contributed by atoms with E-state index in [1.54, 1.807) is 4.90 Å². The zero-order valence-electron chi connectivity index (χ0n) is 11.5. The van der Waals surface area contributed by atoms with E-state index in [9.17, 15) is 18.0 Å². The molecule has 1 aliphatic heterocycles. The number of nitrogen functional groups attached to an aromatic ring is 1. The lowest BCUT2D eigenvalue weighted by molar-refractivity contribution is -0.137. The fourth-order valence-electron chi connectivity index (χ4n) is 2.49. The van der Waals surface area contributed by atoms with Crippen molar-refractivity contribution in [2.75, 3.05) is 18.5 Å². The summed E-state index contributed by atoms with van der Waals surface area (Å²) in [6.45, 7) is 1.19. The molecule has 1 fully saturated rings. The third-order valence-corrected chi connectivity index (χ3v) is 3.62. The molecular formula is C14H18F3N3O. The first kappa shape index (κ1) is 15.6. The minimum atomic E-state index is -4.56. The summed E-state index contributed by atoms with van der Waals surface area (Å²) in [7, 11) is 0. The van der Waals surface area contributed by atoms with E-state index in [-0.39, 0.29) is 17.2 Å². The number of amides is 1. The Hall–Kier alpha value is -1.76. The Labute approximate surface area is 121 Å². The standard InChI is InChI=1S/C14H18F3N3O/c15-14(16,17)11-9-10(5-6-12(11)19-18)13(21)20-7-3-1-2-4-8-20/h5-6,9,19H,1-4,7-8,18H2. The van der Waals surface area contributed by atoms with Crippen LogP contribution in [0.15, 0.2) is 18.2 Å². The van der Waals surface area contributed by atoms with E-state index in [2.05, 4.69) is 0 Å². The van der Waals surface area contributed by atoms with Crippen LogP contribution in [-0.4, -0.2) is 23.9 Å². The summed E-state index contributed by atoms with van der Waals surface area (Å²) in [4.78, 5) is 14.0. The second-order valence-electron chi connectivity index (χ2n) is 5.11. The molecule has 1 aromatic carbocycles. The number of hydrazine groups is 1. The van der Waals surface area contributed by atoms with Crippen molar-refractivity contribution in [3.8, 4) is 0 Å². The number of nitrogens with one attached hydrogen (secondary N) is 1. The van der Waals surface area contributed by atoms with E-state index < -0.39 is 11.7 Å². The number of likely N-dealkylation sites (tertiary alicyclic amines) is 1. The number of halogens is 3. The predicted molar refractivity (Wildman–Crippen MR) is 73.6 cm³/mol. The highest BCUT2D eigenvalue weighted by atomic mass is 19.4. The van der Waals surface area contributed by atoms with Crippen molar-refractivity contribution in [2.45, 2.75) is 31.9 Å². The molecule has 21 heavy (non-hydrogen) atoms. The van der Waals surface area contributed by atoms with Crippen molar-refractivity contribution in [3.63, 3.8) is 0 Å². The molecule has 116 valence electrons. The van der Waals surface area contributed by atoms with Crippen LogP contribution in [0.4, 0.5) is 18.9 Å². The van der Waals surface area contributed by atoms with E-state index in [4.69, 9.17) is 5.84 Å². The Bertz CT molecular complexity index is 509. The van der Waals surface area contributed by atoms with Crippen molar-refractivity contribution < 1.29 is 18.0 Å². The summed E-state index contributed by atoms with van der Waals surface area (Å²) >= 11 is 0. The third kappa shape index (κ3) is 3.66. The Balaban J connectivity index is 2.29. The molecule has 0 aliphatic carbocycles. The van der Waals surface area contributed by atoms with Crippen molar-refractivity contribution in [2.24, 2.45) is 5.84 Å². The highest BCUT2D eigenvalue weighted by Crippen LogP contribution is 2.35. The average Bonchev–Trinajstić information content (AvgIpc) is 2.74. The van der Waals surface area contributed by atoms with Crippen molar-refractivity contribution in [1.82, 2.24) is 4.90 Å². The van der Waals surface area contributed by atoms with Crippen LogP contribution >= 0.6 is 0 Å². The Morgan fingerprint density at radius 1 is 1.14 bits per heavy atom. The Morgan fingerprint density at radius 2 is 1.76 bits per heavy atom. The van der Waals surface area contributed by atoms with Gasteiger partial charge < -0.3 is 10.3 Å². The molecule has 1 amide bonds. The van der Waals surface area contributed by atoms with E-state index in [1.807, 2.05) is 5.43 Å². The Morgan fingerprint density at radius 3 is 2.29 bits per heavy atom. The highest BCUT2D eigenvalue weighted by Gasteiger charge is 2.34. The zero-order valence-corrected chi connectivity index (χ0v) is 11.5. The number of hydrogen-bond donors (Lipinski definition) is 2. The molecule has 0 spiro atoms. The van der Waals surface area contributed by atoms with Gasteiger partial charge in [-0.3, -0.25) is 10.6 Å². The van der Waals surface area contributed by atoms with Gasteiger partial charge in [-0.1, -0.05) is 12.8 Å². The summed E-state index contributed by atoms with van der Waals surface area (Å²) in [6, 6.07) is 3.42. The van der Waals surface area contributed by atoms with Crippen LogP contribution in [0.5, 0.6) is 0 Å².